The van der Waals surface area contributed by atoms with E-state index in [4.69, 9.17) is 0 Å². The van der Waals surface area contributed by atoms with Gasteiger partial charge in [-0.3, -0.25) is 14.2 Å². The SMILES string of the molecule is Cc1ccc(C(=O)C2=CCC(c3cccn3C(=O)O)N2C=O)cc1. The average Bonchev–Trinajstić information content (AvgIpc) is 3.20. The number of aryl methyl sites for hydroxylation is 1. The second-order valence-corrected chi connectivity index (χ2v) is 5.63. The van der Waals surface area contributed by atoms with Crippen LogP contribution >= 0.6 is 0 Å². The molecule has 2 heterocycles. The highest BCUT2D eigenvalue weighted by Gasteiger charge is 2.33. The molecule has 0 fully saturated rings. The fraction of sp³-hybridized carbons (Fsp3) is 0.167. The third kappa shape index (κ3) is 2.62. The van der Waals surface area contributed by atoms with Crippen LogP contribution in [0.4, 0.5) is 4.79 Å². The maximum atomic E-state index is 12.7. The molecule has 1 atom stereocenters. The molecule has 1 amide bonds. The van der Waals surface area contributed by atoms with Crippen LogP contribution in [0.15, 0.2) is 54.4 Å². The van der Waals surface area contributed by atoms with Crippen molar-refractivity contribution in [3.8, 4) is 0 Å². The van der Waals surface area contributed by atoms with E-state index in [1.807, 2.05) is 19.1 Å². The molecule has 122 valence electrons. The van der Waals surface area contributed by atoms with E-state index < -0.39 is 12.1 Å². The van der Waals surface area contributed by atoms with Crippen LogP contribution in [-0.2, 0) is 4.79 Å². The number of carbonyl (C=O) groups excluding carboxylic acids is 2. The molecule has 1 aromatic heterocycles. The maximum Gasteiger partial charge on any atom is 0.415 e. The zero-order valence-corrected chi connectivity index (χ0v) is 13.0. The number of carboxylic acid groups (broad SMARTS) is 1. The zero-order chi connectivity index (χ0) is 17.3. The lowest BCUT2D eigenvalue weighted by molar-refractivity contribution is -0.117. The number of hydrogen-bond acceptors (Lipinski definition) is 3. The molecule has 2 aromatic rings. The van der Waals surface area contributed by atoms with Gasteiger partial charge in [0.2, 0.25) is 12.2 Å². The lowest BCUT2D eigenvalue weighted by Gasteiger charge is -2.23. The van der Waals surface area contributed by atoms with Gasteiger partial charge in [0.05, 0.1) is 17.4 Å². The summed E-state index contributed by atoms with van der Waals surface area (Å²) in [7, 11) is 0. The molecular weight excluding hydrogens is 308 g/mol. The Hall–Kier alpha value is -3.15. The first-order valence-electron chi connectivity index (χ1n) is 7.48. The third-order valence-corrected chi connectivity index (χ3v) is 4.14. The number of allylic oxidation sites excluding steroid dienone is 1. The molecule has 0 radical (unpaired) electrons. The van der Waals surface area contributed by atoms with Crippen molar-refractivity contribution in [2.24, 2.45) is 0 Å². The molecule has 0 spiro atoms. The van der Waals surface area contributed by atoms with E-state index in [-0.39, 0.29) is 11.5 Å². The summed E-state index contributed by atoms with van der Waals surface area (Å²) in [4.78, 5) is 36.8. The van der Waals surface area contributed by atoms with E-state index in [9.17, 15) is 19.5 Å². The zero-order valence-electron chi connectivity index (χ0n) is 13.0. The van der Waals surface area contributed by atoms with Crippen LogP contribution in [0.1, 0.15) is 34.1 Å². The molecule has 1 unspecified atom stereocenters. The summed E-state index contributed by atoms with van der Waals surface area (Å²) in [6.07, 6.45) is 2.94. The third-order valence-electron chi connectivity index (χ3n) is 4.14. The molecule has 3 rings (SSSR count). The van der Waals surface area contributed by atoms with Gasteiger partial charge in [-0.25, -0.2) is 4.79 Å². The van der Waals surface area contributed by atoms with Crippen LogP contribution in [-0.4, -0.2) is 32.9 Å². The second kappa shape index (κ2) is 6.16. The summed E-state index contributed by atoms with van der Waals surface area (Å²) in [6.45, 7) is 1.93. The van der Waals surface area contributed by atoms with Crippen LogP contribution < -0.4 is 0 Å². The molecule has 0 bridgehead atoms. The first kappa shape index (κ1) is 15.7. The summed E-state index contributed by atoms with van der Waals surface area (Å²) in [5.41, 5.74) is 2.26. The van der Waals surface area contributed by atoms with Crippen molar-refractivity contribution < 1.29 is 19.5 Å². The Kier molecular flexibility index (Phi) is 4.04. The van der Waals surface area contributed by atoms with E-state index in [0.29, 0.717) is 24.1 Å². The summed E-state index contributed by atoms with van der Waals surface area (Å²) in [5.74, 6) is -0.252. The van der Waals surface area contributed by atoms with Crippen LogP contribution in [0, 0.1) is 6.92 Å². The lowest BCUT2D eigenvalue weighted by Crippen LogP contribution is -2.28. The topological polar surface area (TPSA) is 79.6 Å². The molecule has 1 aromatic carbocycles. The number of rotatable bonds is 4. The van der Waals surface area contributed by atoms with Gasteiger partial charge in [0.15, 0.2) is 0 Å². The molecule has 24 heavy (non-hydrogen) atoms. The summed E-state index contributed by atoms with van der Waals surface area (Å²) < 4.78 is 1.06. The highest BCUT2D eigenvalue weighted by molar-refractivity contribution is 6.09. The van der Waals surface area contributed by atoms with Gasteiger partial charge in [-0.2, -0.15) is 0 Å². The lowest BCUT2D eigenvalue weighted by atomic mass is 10.1. The second-order valence-electron chi connectivity index (χ2n) is 5.63. The molecule has 6 heteroatoms. The molecule has 1 aliphatic heterocycles. The number of benzene rings is 1. The molecule has 1 aliphatic rings. The molecular formula is C18H16N2O4. The Morgan fingerprint density at radius 1 is 1.21 bits per heavy atom. The normalized spacial score (nSPS) is 16.8. The Balaban J connectivity index is 1.90. The number of amides is 1. The molecule has 1 N–H and O–H groups in total. The van der Waals surface area contributed by atoms with Crippen molar-refractivity contribution in [2.45, 2.75) is 19.4 Å². The molecule has 6 nitrogen and oxygen atoms in total. The summed E-state index contributed by atoms with van der Waals surface area (Å²) >= 11 is 0. The Morgan fingerprint density at radius 3 is 2.54 bits per heavy atom. The highest BCUT2D eigenvalue weighted by Crippen LogP contribution is 2.34. The Labute approximate surface area is 138 Å². The minimum absolute atomic E-state index is 0.252. The van der Waals surface area contributed by atoms with Crippen LogP contribution in [0.3, 0.4) is 0 Å². The predicted molar refractivity (Wildman–Crippen MR) is 86.7 cm³/mol. The number of carbonyl (C=O) groups is 3. The van der Waals surface area contributed by atoms with Crippen molar-refractivity contribution in [3.05, 3.63) is 71.2 Å². The largest absolute Gasteiger partial charge is 0.464 e. The Bertz CT molecular complexity index is 833. The van der Waals surface area contributed by atoms with Gasteiger partial charge >= 0.3 is 6.09 Å². The molecule has 0 saturated heterocycles. The fourth-order valence-electron chi connectivity index (χ4n) is 2.91. The van der Waals surface area contributed by atoms with Crippen LogP contribution in [0.5, 0.6) is 0 Å². The number of aromatic nitrogens is 1. The quantitative estimate of drug-likeness (QED) is 0.692. The van der Waals surface area contributed by atoms with E-state index in [0.717, 1.165) is 10.1 Å². The van der Waals surface area contributed by atoms with Gasteiger partial charge in [0, 0.05) is 11.8 Å². The average molecular weight is 324 g/mol. The minimum atomic E-state index is -1.13. The van der Waals surface area contributed by atoms with Gasteiger partial charge < -0.3 is 10.0 Å². The minimum Gasteiger partial charge on any atom is -0.464 e. The van der Waals surface area contributed by atoms with Crippen molar-refractivity contribution in [1.29, 1.82) is 0 Å². The smallest absolute Gasteiger partial charge is 0.415 e. The van der Waals surface area contributed by atoms with E-state index >= 15 is 0 Å². The van der Waals surface area contributed by atoms with Gasteiger partial charge in [-0.15, -0.1) is 0 Å². The van der Waals surface area contributed by atoms with Crippen LogP contribution in [0.25, 0.3) is 0 Å². The van der Waals surface area contributed by atoms with E-state index in [1.54, 1.807) is 30.3 Å². The molecule has 0 saturated carbocycles. The number of hydrogen-bond donors (Lipinski definition) is 1. The fourth-order valence-corrected chi connectivity index (χ4v) is 2.91. The Morgan fingerprint density at radius 2 is 1.92 bits per heavy atom. The number of Topliss-reactive ketones (excluding diaryl/α,β-unsaturated/α-hetero) is 1. The summed E-state index contributed by atoms with van der Waals surface area (Å²) in [6, 6.07) is 9.85. The first-order valence-corrected chi connectivity index (χ1v) is 7.48. The predicted octanol–water partition coefficient (Wildman–Crippen LogP) is 2.99. The number of nitrogens with zero attached hydrogens (tertiary/aromatic N) is 2. The van der Waals surface area contributed by atoms with Crippen molar-refractivity contribution in [1.82, 2.24) is 9.47 Å². The van der Waals surface area contributed by atoms with E-state index in [2.05, 4.69) is 0 Å². The summed E-state index contributed by atoms with van der Waals surface area (Å²) in [5, 5.41) is 9.23. The first-order chi connectivity index (χ1) is 11.5. The standard InChI is InChI=1S/C18H16N2O4/c1-12-4-6-13(7-5-12)17(22)16-9-8-15(20(16)11-21)14-3-2-10-19(14)18(23)24/h2-7,9-11,15H,8H2,1H3,(H,23,24). The van der Waals surface area contributed by atoms with Crippen molar-refractivity contribution in [3.63, 3.8) is 0 Å². The van der Waals surface area contributed by atoms with Gasteiger partial charge in [0.25, 0.3) is 0 Å². The van der Waals surface area contributed by atoms with Crippen LogP contribution in [0.2, 0.25) is 0 Å². The van der Waals surface area contributed by atoms with Gasteiger partial charge in [-0.1, -0.05) is 35.9 Å². The van der Waals surface area contributed by atoms with Gasteiger partial charge in [0.1, 0.15) is 0 Å². The maximum absolute atomic E-state index is 12.7. The van der Waals surface area contributed by atoms with Crippen molar-refractivity contribution >= 4 is 18.3 Å². The highest BCUT2D eigenvalue weighted by atomic mass is 16.4. The van der Waals surface area contributed by atoms with Gasteiger partial charge in [-0.05, 0) is 25.5 Å². The monoisotopic (exact) mass is 324 g/mol. The van der Waals surface area contributed by atoms with Crippen molar-refractivity contribution in [2.75, 3.05) is 0 Å². The molecule has 0 aliphatic carbocycles. The number of ketones is 1. The van der Waals surface area contributed by atoms with E-state index in [1.165, 1.54) is 11.1 Å².